The summed E-state index contributed by atoms with van der Waals surface area (Å²) in [5, 5.41) is 0. The van der Waals surface area contributed by atoms with Crippen LogP contribution in [0.25, 0.3) is 0 Å². The first kappa shape index (κ1) is 15.8. The fourth-order valence-electron chi connectivity index (χ4n) is 0. The predicted octanol–water partition coefficient (Wildman–Crippen LogP) is -2.53. The largest absolute Gasteiger partial charge is 0 e. The summed E-state index contributed by atoms with van der Waals surface area (Å²) in [4.78, 5) is 14.3. The summed E-state index contributed by atoms with van der Waals surface area (Å²) in [6.07, 6.45) is 0. The second-order valence-electron chi connectivity index (χ2n) is 0.283. The molecule has 0 fully saturated rings. The van der Waals surface area contributed by atoms with Crippen molar-refractivity contribution in [2.45, 2.75) is 0 Å². The van der Waals surface area contributed by atoms with E-state index in [4.69, 9.17) is 14.1 Å². The Kier molecular flexibility index (Phi) is 27.6. The Morgan fingerprint density at radius 3 is 1.33 bits per heavy atom. The molecule has 0 aromatic carbocycles. The molecule has 0 saturated heterocycles. The van der Waals surface area contributed by atoms with Gasteiger partial charge in [-0.15, -0.1) is 0 Å². The summed E-state index contributed by atoms with van der Waals surface area (Å²) in [6.45, 7) is 0. The van der Waals surface area contributed by atoms with E-state index in [1.807, 2.05) is 0 Å². The smallest absolute Gasteiger partial charge is 0 e. The van der Waals surface area contributed by atoms with Crippen LogP contribution in [0.3, 0.4) is 0 Å². The topological polar surface area (TPSA) is 57.5 Å². The minimum absolute atomic E-state index is 0. The van der Waals surface area contributed by atoms with Crippen molar-refractivity contribution in [1.82, 2.24) is 0 Å². The van der Waals surface area contributed by atoms with E-state index >= 15 is 0 Å². The molecule has 0 amide bonds. The van der Waals surface area contributed by atoms with Gasteiger partial charge in [-0.2, -0.15) is 0 Å². The van der Waals surface area contributed by atoms with Crippen LogP contribution in [0, 0.1) is 39.9 Å². The van der Waals surface area contributed by atoms with Gasteiger partial charge in [0.15, 0.2) is 0 Å². The van der Waals surface area contributed by atoms with Crippen LogP contribution in [0.15, 0.2) is 0 Å². The first-order valence-corrected chi connectivity index (χ1v) is 1.95. The van der Waals surface area contributed by atoms with E-state index in [1.165, 1.54) is 0 Å². The first-order valence-electron chi connectivity index (χ1n) is 0.651. The Hall–Kier alpha value is 2.51. The van der Waals surface area contributed by atoms with Crippen LogP contribution in [0.5, 0.6) is 0 Å². The van der Waals surface area contributed by atoms with Crippen molar-refractivity contribution in [2.24, 2.45) is 0 Å². The van der Waals surface area contributed by atoms with Crippen molar-refractivity contribution in [3.8, 4) is 0 Å². The van der Waals surface area contributed by atoms with Gasteiger partial charge in [-0.1, -0.05) is 0 Å². The van der Waals surface area contributed by atoms with E-state index in [-0.39, 0.29) is 88.8 Å². The van der Waals surface area contributed by atoms with E-state index in [1.54, 1.807) is 0 Å². The van der Waals surface area contributed by atoms with Crippen LogP contribution in [-0.4, -0.2) is 67.6 Å². The molecule has 0 unspecified atom stereocenters. The van der Waals surface area contributed by atoms with Gasteiger partial charge in [-0.25, -0.2) is 0 Å². The monoisotopic (exact) mass is 376 g/mol. The van der Waals surface area contributed by atoms with Crippen LogP contribution in [-0.2, 0) is 4.46 Å². The summed E-state index contributed by atoms with van der Waals surface area (Å²) < 4.78 is 8.74. The average molecular weight is 375 g/mol. The van der Waals surface area contributed by atoms with Gasteiger partial charge in [0.2, 0.25) is 0 Å². The zero-order chi connectivity index (χ0) is 3.58. The molecule has 6 heteroatoms. The molecule has 0 bridgehead atoms. The molecule has 0 radical (unpaired) electrons. The van der Waals surface area contributed by atoms with Gasteiger partial charge in [-0.05, 0) is 0 Å². The number of hydrogen-bond acceptors (Lipinski definition) is 1. The van der Waals surface area contributed by atoms with Crippen LogP contribution in [0.1, 0.15) is 0 Å². The van der Waals surface area contributed by atoms with Crippen LogP contribution in [0.2, 0.25) is 0 Å². The van der Waals surface area contributed by atoms with E-state index in [0.717, 1.165) is 0 Å². The van der Waals surface area contributed by atoms with Crippen molar-refractivity contribution in [3.05, 3.63) is 0 Å². The second kappa shape index (κ2) is 10.5. The van der Waals surface area contributed by atoms with Crippen molar-refractivity contribution in [1.29, 1.82) is 0 Å². The van der Waals surface area contributed by atoms with E-state index < -0.39 is 9.17 Å². The molecule has 2 N–H and O–H groups in total. The van der Waals surface area contributed by atoms with Gasteiger partial charge in [0.05, 0.1) is 0 Å². The van der Waals surface area contributed by atoms with Gasteiger partial charge in [0.25, 0.3) is 0 Å². The molecule has 0 aromatic rings. The van der Waals surface area contributed by atoms with Crippen LogP contribution in [0.4, 0.5) is 0 Å². The summed E-state index contributed by atoms with van der Waals surface area (Å²) in [6, 6.07) is 0. The third-order valence-electron chi connectivity index (χ3n) is 0. The van der Waals surface area contributed by atoms with Gasteiger partial charge in [0, 0.05) is 39.9 Å². The summed E-state index contributed by atoms with van der Waals surface area (Å²) in [5.74, 6) is 0. The number of hydrogen-bond donors (Lipinski definition) is 2. The van der Waals surface area contributed by atoms with Crippen molar-refractivity contribution in [3.63, 3.8) is 0 Å². The third-order valence-corrected chi connectivity index (χ3v) is 0. The fraction of sp³-hybridized carbons (Fsp3) is 0. The Bertz CT molecular complexity index is 33.8. The molecule has 0 aliphatic carbocycles. The Balaban J connectivity index is -0.0000000450. The molecule has 36 valence electrons. The maximum absolute atomic E-state index is 8.74. The second-order valence-corrected chi connectivity index (χ2v) is 0.848. The Labute approximate surface area is 109 Å². The van der Waals surface area contributed by atoms with Crippen LogP contribution >= 0.6 is 0 Å². The zero-order valence-corrected chi connectivity index (χ0v) is 5.42. The molecule has 0 aliphatic rings. The first-order chi connectivity index (χ1) is 1.73. The van der Waals surface area contributed by atoms with Gasteiger partial charge in [0.1, 0.15) is 0 Å². The zero-order valence-electron chi connectivity index (χ0n) is 2.16. The third kappa shape index (κ3) is 31.3. The quantitative estimate of drug-likeness (QED) is 0.460. The molecular weight excluding hydrogens is 371 g/mol. The molecular formula is H4BaGdO3Si. The van der Waals surface area contributed by atoms with Crippen LogP contribution < -0.4 is 0 Å². The van der Waals surface area contributed by atoms with E-state index in [9.17, 15) is 0 Å². The molecule has 0 atom stereocenters. The maximum Gasteiger partial charge on any atom is 0 e. The summed E-state index contributed by atoms with van der Waals surface area (Å²) in [5.41, 5.74) is 0. The molecule has 0 rings (SSSR count). The van der Waals surface area contributed by atoms with Gasteiger partial charge >= 0.3 is 58.1 Å². The average Bonchev–Trinajstić information content (AvgIpc) is 0.811. The minimum Gasteiger partial charge on any atom is 0 e. The van der Waals surface area contributed by atoms with E-state index in [0.29, 0.717) is 0 Å². The Morgan fingerprint density at radius 2 is 1.33 bits per heavy atom. The molecule has 0 spiro atoms. The van der Waals surface area contributed by atoms with Crippen molar-refractivity contribution >= 4 is 58.1 Å². The predicted molar refractivity (Wildman–Crippen MR) is 19.4 cm³/mol. The summed E-state index contributed by atoms with van der Waals surface area (Å²) >= 11 is 0. The molecule has 0 aliphatic heterocycles. The normalized spacial score (nSPS) is 4.00. The molecule has 6 heavy (non-hydrogen) atoms. The molecule has 3 nitrogen and oxygen atoms in total. The SMILES string of the molecule is O=[Si](O)O.[BaH2].[Gd]. The number of rotatable bonds is 0. The van der Waals surface area contributed by atoms with Crippen molar-refractivity contribution in [2.75, 3.05) is 0 Å². The standard InChI is InChI=1S/Ba.Gd.H2O3Si.2H/c;;1-4(2)3;;/h;;1-2H;;. The van der Waals surface area contributed by atoms with Gasteiger partial charge in [-0.3, -0.25) is 4.46 Å². The maximum atomic E-state index is 8.74. The van der Waals surface area contributed by atoms with E-state index in [2.05, 4.69) is 0 Å². The van der Waals surface area contributed by atoms with Crippen molar-refractivity contribution < 1.29 is 54.0 Å². The fourth-order valence-corrected chi connectivity index (χ4v) is 0. The molecule has 0 saturated carbocycles. The minimum atomic E-state index is -3.13. The Morgan fingerprint density at radius 1 is 1.33 bits per heavy atom. The molecule has 0 aromatic heterocycles. The summed E-state index contributed by atoms with van der Waals surface area (Å²) in [7, 11) is -3.13. The molecule has 0 heterocycles. The van der Waals surface area contributed by atoms with Gasteiger partial charge < -0.3 is 9.59 Å².